The molecule has 0 saturated heterocycles. The van der Waals surface area contributed by atoms with Crippen LogP contribution >= 0.6 is 0 Å². The number of carbonyl (C=O) groups excluding carboxylic acids is 1. The summed E-state index contributed by atoms with van der Waals surface area (Å²) < 4.78 is 0. The number of likely N-dealkylation sites (N-methyl/N-ethyl adjacent to an activating group) is 1. The molecule has 16 heavy (non-hydrogen) atoms. The van der Waals surface area contributed by atoms with Crippen LogP contribution in [0.15, 0.2) is 18.2 Å². The third kappa shape index (κ3) is 2.78. The molecule has 0 fully saturated rings. The summed E-state index contributed by atoms with van der Waals surface area (Å²) in [6.45, 7) is 0.801. The maximum atomic E-state index is 11.3. The van der Waals surface area contributed by atoms with E-state index < -0.39 is 5.91 Å². The van der Waals surface area contributed by atoms with Crippen molar-refractivity contribution in [2.24, 2.45) is 5.73 Å². The monoisotopic (exact) mass is 219 g/mol. The van der Waals surface area contributed by atoms with Gasteiger partial charge in [0.25, 0.3) is 5.91 Å². The number of hydrogen-bond donors (Lipinski definition) is 1. The van der Waals surface area contributed by atoms with Crippen LogP contribution in [0.4, 0.5) is 5.69 Å². The second-order valence-electron chi connectivity index (χ2n) is 3.83. The third-order valence-corrected chi connectivity index (χ3v) is 2.31. The van der Waals surface area contributed by atoms with Crippen molar-refractivity contribution in [3.8, 4) is 0 Å². The van der Waals surface area contributed by atoms with Gasteiger partial charge in [-0.3, -0.25) is 4.79 Å². The molecule has 0 bridgehead atoms. The molecule has 0 aliphatic carbocycles. The Labute approximate surface area is 94.5 Å². The zero-order valence-corrected chi connectivity index (χ0v) is 9.47. The molecule has 0 spiro atoms. The Balaban J connectivity index is 3.08. The van der Waals surface area contributed by atoms with Crippen molar-refractivity contribution in [3.63, 3.8) is 0 Å². The zero-order valence-electron chi connectivity index (χ0n) is 9.47. The van der Waals surface area contributed by atoms with Gasteiger partial charge in [0.15, 0.2) is 4.98 Å². The van der Waals surface area contributed by atoms with Crippen molar-refractivity contribution in [1.82, 2.24) is 4.90 Å². The molecule has 0 heterocycles. The van der Waals surface area contributed by atoms with Crippen molar-refractivity contribution >= 4 is 11.6 Å². The van der Waals surface area contributed by atoms with Crippen LogP contribution in [0.25, 0.3) is 4.98 Å². The lowest BCUT2D eigenvalue weighted by Gasteiger charge is -2.10. The molecule has 0 atom stereocenters. The molecule has 0 radical (unpaired) electrons. The van der Waals surface area contributed by atoms with E-state index in [0.717, 1.165) is 12.1 Å². The summed E-state index contributed by atoms with van der Waals surface area (Å²) in [4.78, 5) is 16.4. The molecular formula is C11H15N4O+. The number of rotatable bonds is 4. The van der Waals surface area contributed by atoms with Crippen LogP contribution < -0.4 is 5.73 Å². The van der Waals surface area contributed by atoms with E-state index in [2.05, 4.69) is 4.98 Å². The Morgan fingerprint density at radius 2 is 2.19 bits per heavy atom. The lowest BCUT2D eigenvalue weighted by Crippen LogP contribution is -2.19. The molecule has 1 aromatic carbocycles. The average Bonchev–Trinajstić information content (AvgIpc) is 2.25. The fourth-order valence-corrected chi connectivity index (χ4v) is 1.51. The van der Waals surface area contributed by atoms with Crippen LogP contribution in [0.1, 0.15) is 15.9 Å². The normalized spacial score (nSPS) is 10.1. The third-order valence-electron chi connectivity index (χ3n) is 2.31. The first-order chi connectivity index (χ1) is 7.56. The summed E-state index contributed by atoms with van der Waals surface area (Å²) >= 11 is 0. The van der Waals surface area contributed by atoms with Crippen molar-refractivity contribution in [3.05, 3.63) is 34.3 Å². The molecule has 2 N–H and O–H groups in total. The number of carbonyl (C=O) groups is 1. The van der Waals surface area contributed by atoms with Gasteiger partial charge in [-0.25, -0.2) is 0 Å². The van der Waals surface area contributed by atoms with Crippen molar-refractivity contribution in [1.29, 1.82) is 5.39 Å². The molecule has 84 valence electrons. The predicted octanol–water partition coefficient (Wildman–Crippen LogP) is 1.37. The number of nitrogens with two attached hydrogens (primary N) is 1. The number of hydrogen-bond acceptors (Lipinski definition) is 3. The van der Waals surface area contributed by atoms with E-state index in [1.54, 1.807) is 12.1 Å². The van der Waals surface area contributed by atoms with Gasteiger partial charge in [-0.05, 0) is 26.1 Å². The standard InChI is InChI=1S/C11H14N4O/c1-15(2)7-6-8-4-3-5-9(14-13)10(8)11(12)16/h3-5H,6-7H2,1-2H3,(H-,12,16)/p+1. The smallest absolute Gasteiger partial charge is 0.365 e. The summed E-state index contributed by atoms with van der Waals surface area (Å²) in [6.07, 6.45) is 0.689. The summed E-state index contributed by atoms with van der Waals surface area (Å²) in [5, 5.41) is 8.78. The van der Waals surface area contributed by atoms with Crippen LogP contribution in [-0.2, 0) is 6.42 Å². The fourth-order valence-electron chi connectivity index (χ4n) is 1.51. The Morgan fingerprint density at radius 3 is 2.69 bits per heavy atom. The minimum atomic E-state index is -0.567. The highest BCUT2D eigenvalue weighted by Crippen LogP contribution is 2.22. The number of nitrogens with zero attached hydrogens (tertiary/aromatic N) is 3. The summed E-state index contributed by atoms with van der Waals surface area (Å²) in [5.41, 5.74) is 6.60. The Morgan fingerprint density at radius 1 is 1.50 bits per heavy atom. The Hall–Kier alpha value is -1.93. The molecular weight excluding hydrogens is 204 g/mol. The van der Waals surface area contributed by atoms with Crippen LogP contribution in [0.2, 0.25) is 0 Å². The summed E-state index contributed by atoms with van der Waals surface area (Å²) in [5.74, 6) is -0.567. The van der Waals surface area contributed by atoms with Gasteiger partial charge in [0.05, 0.1) is 0 Å². The van der Waals surface area contributed by atoms with Crippen molar-refractivity contribution < 1.29 is 4.79 Å². The molecule has 0 saturated carbocycles. The second-order valence-corrected chi connectivity index (χ2v) is 3.83. The van der Waals surface area contributed by atoms with Gasteiger partial charge in [0.1, 0.15) is 5.56 Å². The minimum absolute atomic E-state index is 0.226. The maximum absolute atomic E-state index is 11.3. The van der Waals surface area contributed by atoms with E-state index >= 15 is 0 Å². The van der Waals surface area contributed by atoms with E-state index in [-0.39, 0.29) is 5.69 Å². The second kappa shape index (κ2) is 5.24. The summed E-state index contributed by atoms with van der Waals surface area (Å²) in [7, 11) is 3.90. The van der Waals surface area contributed by atoms with E-state index in [1.807, 2.05) is 25.1 Å². The molecule has 0 aromatic heterocycles. The lowest BCUT2D eigenvalue weighted by molar-refractivity contribution is 0.1000. The molecule has 1 aromatic rings. The number of diazo groups is 1. The minimum Gasteiger partial charge on any atom is -0.365 e. The van der Waals surface area contributed by atoms with Gasteiger partial charge < -0.3 is 10.6 Å². The highest BCUT2D eigenvalue weighted by atomic mass is 16.1. The topological polar surface area (TPSA) is 74.5 Å². The highest BCUT2D eigenvalue weighted by molar-refractivity contribution is 6.00. The summed E-state index contributed by atoms with van der Waals surface area (Å²) in [6, 6.07) is 5.12. The van der Waals surface area contributed by atoms with E-state index in [4.69, 9.17) is 11.1 Å². The largest absolute Gasteiger partial charge is 0.398 e. The molecule has 0 unspecified atom stereocenters. The van der Waals surface area contributed by atoms with Crippen LogP contribution in [0.5, 0.6) is 0 Å². The zero-order chi connectivity index (χ0) is 12.1. The van der Waals surface area contributed by atoms with Gasteiger partial charge in [0, 0.05) is 12.6 Å². The molecule has 5 nitrogen and oxygen atoms in total. The van der Waals surface area contributed by atoms with Crippen molar-refractivity contribution in [2.75, 3.05) is 20.6 Å². The van der Waals surface area contributed by atoms with Gasteiger partial charge >= 0.3 is 5.69 Å². The Kier molecular flexibility index (Phi) is 3.97. The quantitative estimate of drug-likeness (QED) is 0.777. The highest BCUT2D eigenvalue weighted by Gasteiger charge is 2.21. The molecule has 0 aliphatic rings. The first-order valence-electron chi connectivity index (χ1n) is 4.97. The van der Waals surface area contributed by atoms with Gasteiger partial charge in [-0.1, -0.05) is 12.1 Å². The lowest BCUT2D eigenvalue weighted by atomic mass is 10.0. The molecule has 0 aliphatic heterocycles. The van der Waals surface area contributed by atoms with Crippen molar-refractivity contribution in [2.45, 2.75) is 6.42 Å². The van der Waals surface area contributed by atoms with E-state index in [0.29, 0.717) is 12.0 Å². The first-order valence-corrected chi connectivity index (χ1v) is 4.97. The van der Waals surface area contributed by atoms with Gasteiger partial charge in [0.2, 0.25) is 5.39 Å². The predicted molar refractivity (Wildman–Crippen MR) is 62.0 cm³/mol. The van der Waals surface area contributed by atoms with E-state index in [9.17, 15) is 4.79 Å². The molecule has 5 heteroatoms. The first kappa shape index (κ1) is 12.1. The van der Waals surface area contributed by atoms with E-state index in [1.165, 1.54) is 0 Å². The Bertz CT molecular complexity index is 434. The average molecular weight is 219 g/mol. The van der Waals surface area contributed by atoms with Crippen LogP contribution in [0, 0.1) is 5.39 Å². The van der Waals surface area contributed by atoms with Crippen LogP contribution in [0.3, 0.4) is 0 Å². The maximum Gasteiger partial charge on any atom is 0.398 e. The van der Waals surface area contributed by atoms with Gasteiger partial charge in [-0.2, -0.15) is 0 Å². The number of primary amides is 1. The van der Waals surface area contributed by atoms with Crippen LogP contribution in [-0.4, -0.2) is 31.4 Å². The van der Waals surface area contributed by atoms with Gasteiger partial charge in [-0.15, -0.1) is 0 Å². The molecule has 1 amide bonds. The SMILES string of the molecule is CN(C)CCc1cccc([N+]#N)c1C(N)=O. The fraction of sp³-hybridized carbons (Fsp3) is 0.364. The molecule has 1 rings (SSSR count). The number of amides is 1. The number of benzene rings is 1.